The van der Waals surface area contributed by atoms with E-state index in [1.807, 2.05) is 0 Å². The molecule has 0 aliphatic heterocycles. The number of hydrogen-bond donors (Lipinski definition) is 1. The molecule has 1 aromatic heterocycles. The second kappa shape index (κ2) is 2.85. The van der Waals surface area contributed by atoms with Crippen molar-refractivity contribution in [3.8, 4) is 0 Å². The number of nitrogens with zero attached hydrogens (tertiary/aromatic N) is 2. The van der Waals surface area contributed by atoms with Crippen LogP contribution in [-0.2, 0) is 6.54 Å². The van der Waals surface area contributed by atoms with Gasteiger partial charge in [0.1, 0.15) is 0 Å². The SMILES string of the molecule is OCCn1ccc(Cl)n1. The fourth-order valence-electron chi connectivity index (χ4n) is 0.564. The maximum absolute atomic E-state index is 8.43. The standard InChI is InChI=1S/C5H7ClN2O/c6-5-1-2-8(7-5)3-4-9/h1-2,9H,3-4H2. The Kier molecular flexibility index (Phi) is 2.08. The highest BCUT2D eigenvalue weighted by Crippen LogP contribution is 2.01. The van der Waals surface area contributed by atoms with E-state index in [1.54, 1.807) is 16.9 Å². The van der Waals surface area contributed by atoms with Gasteiger partial charge in [0.15, 0.2) is 5.15 Å². The molecule has 0 radical (unpaired) electrons. The van der Waals surface area contributed by atoms with Crippen LogP contribution in [0, 0.1) is 0 Å². The van der Waals surface area contributed by atoms with Crippen LogP contribution >= 0.6 is 11.6 Å². The van der Waals surface area contributed by atoms with Crippen LogP contribution < -0.4 is 0 Å². The Labute approximate surface area is 57.9 Å². The van der Waals surface area contributed by atoms with Crippen molar-refractivity contribution in [2.24, 2.45) is 0 Å². The van der Waals surface area contributed by atoms with Crippen molar-refractivity contribution in [3.63, 3.8) is 0 Å². The molecule has 1 aromatic rings. The number of hydrogen-bond acceptors (Lipinski definition) is 2. The van der Waals surface area contributed by atoms with E-state index in [1.165, 1.54) is 0 Å². The lowest BCUT2D eigenvalue weighted by atomic mass is 10.7. The molecule has 0 saturated heterocycles. The number of aliphatic hydroxyl groups is 1. The fraction of sp³-hybridized carbons (Fsp3) is 0.400. The van der Waals surface area contributed by atoms with Crippen molar-refractivity contribution in [1.29, 1.82) is 0 Å². The molecule has 4 heteroatoms. The van der Waals surface area contributed by atoms with Crippen LogP contribution in [0.4, 0.5) is 0 Å². The summed E-state index contributed by atoms with van der Waals surface area (Å²) in [5.74, 6) is 0. The Balaban J connectivity index is 2.61. The van der Waals surface area contributed by atoms with E-state index in [0.717, 1.165) is 0 Å². The predicted octanol–water partition coefficient (Wildman–Crippen LogP) is 0.529. The minimum absolute atomic E-state index is 0.0952. The first-order valence-electron chi connectivity index (χ1n) is 2.63. The van der Waals surface area contributed by atoms with Crippen LogP contribution in [0.1, 0.15) is 0 Å². The van der Waals surface area contributed by atoms with Crippen LogP contribution in [0.25, 0.3) is 0 Å². The molecule has 9 heavy (non-hydrogen) atoms. The van der Waals surface area contributed by atoms with Crippen LogP contribution in [-0.4, -0.2) is 21.5 Å². The summed E-state index contributed by atoms with van der Waals surface area (Å²) in [5, 5.41) is 12.7. The van der Waals surface area contributed by atoms with Gasteiger partial charge in [0, 0.05) is 6.20 Å². The molecule has 0 aliphatic carbocycles. The Hall–Kier alpha value is -0.540. The van der Waals surface area contributed by atoms with E-state index in [-0.39, 0.29) is 6.61 Å². The van der Waals surface area contributed by atoms with Gasteiger partial charge < -0.3 is 5.11 Å². The third-order valence-corrected chi connectivity index (χ3v) is 1.14. The molecule has 0 aromatic carbocycles. The van der Waals surface area contributed by atoms with E-state index in [2.05, 4.69) is 5.10 Å². The van der Waals surface area contributed by atoms with Crippen molar-refractivity contribution in [3.05, 3.63) is 17.4 Å². The van der Waals surface area contributed by atoms with Crippen LogP contribution in [0.5, 0.6) is 0 Å². The average Bonchev–Trinajstić information content (AvgIpc) is 2.17. The molecule has 3 nitrogen and oxygen atoms in total. The highest BCUT2D eigenvalue weighted by Gasteiger charge is 1.91. The molecule has 0 aliphatic rings. The molecular formula is C5H7ClN2O. The molecule has 0 saturated carbocycles. The number of rotatable bonds is 2. The molecule has 0 fully saturated rings. The lowest BCUT2D eigenvalue weighted by molar-refractivity contribution is 0.269. The molecular weight excluding hydrogens is 140 g/mol. The monoisotopic (exact) mass is 146 g/mol. The molecule has 0 bridgehead atoms. The van der Waals surface area contributed by atoms with Crippen LogP contribution in [0.15, 0.2) is 12.3 Å². The third kappa shape index (κ3) is 1.69. The van der Waals surface area contributed by atoms with Crippen molar-refractivity contribution < 1.29 is 5.11 Å². The molecule has 0 atom stereocenters. The highest BCUT2D eigenvalue weighted by molar-refractivity contribution is 6.29. The van der Waals surface area contributed by atoms with Gasteiger partial charge >= 0.3 is 0 Å². The van der Waals surface area contributed by atoms with Gasteiger partial charge in [0.2, 0.25) is 0 Å². The normalized spacial score (nSPS) is 10.0. The maximum atomic E-state index is 8.43. The fourth-order valence-corrected chi connectivity index (χ4v) is 0.717. The van der Waals surface area contributed by atoms with Gasteiger partial charge in [0.05, 0.1) is 13.2 Å². The van der Waals surface area contributed by atoms with Crippen molar-refractivity contribution in [2.75, 3.05) is 6.61 Å². The van der Waals surface area contributed by atoms with E-state index in [9.17, 15) is 0 Å². The first kappa shape index (κ1) is 6.58. The Bertz CT molecular complexity index is 187. The van der Waals surface area contributed by atoms with Gasteiger partial charge in [0.25, 0.3) is 0 Å². The largest absolute Gasteiger partial charge is 0.394 e. The van der Waals surface area contributed by atoms with Gasteiger partial charge in [-0.15, -0.1) is 0 Å². The minimum atomic E-state index is 0.0952. The third-order valence-electron chi connectivity index (χ3n) is 0.937. The van der Waals surface area contributed by atoms with Gasteiger partial charge in [-0.25, -0.2) is 0 Å². The quantitative estimate of drug-likeness (QED) is 0.661. The highest BCUT2D eigenvalue weighted by atomic mass is 35.5. The van der Waals surface area contributed by atoms with Gasteiger partial charge in [-0.1, -0.05) is 11.6 Å². The lowest BCUT2D eigenvalue weighted by Crippen LogP contribution is -2.01. The Morgan fingerprint density at radius 2 is 2.56 bits per heavy atom. The van der Waals surface area contributed by atoms with Crippen LogP contribution in [0.3, 0.4) is 0 Å². The number of aromatic nitrogens is 2. The summed E-state index contributed by atoms with van der Waals surface area (Å²) < 4.78 is 1.59. The zero-order valence-electron chi connectivity index (χ0n) is 4.79. The smallest absolute Gasteiger partial charge is 0.151 e. The summed E-state index contributed by atoms with van der Waals surface area (Å²) in [6.45, 7) is 0.602. The molecule has 0 unspecified atom stereocenters. The van der Waals surface area contributed by atoms with Gasteiger partial charge in [-0.2, -0.15) is 5.10 Å². The maximum Gasteiger partial charge on any atom is 0.151 e. The van der Waals surface area contributed by atoms with Crippen molar-refractivity contribution in [1.82, 2.24) is 9.78 Å². The number of halogens is 1. The molecule has 1 rings (SSSR count). The molecule has 1 heterocycles. The summed E-state index contributed by atoms with van der Waals surface area (Å²) in [5.41, 5.74) is 0. The Morgan fingerprint density at radius 3 is 3.00 bits per heavy atom. The lowest BCUT2D eigenvalue weighted by Gasteiger charge is -1.92. The van der Waals surface area contributed by atoms with E-state index in [4.69, 9.17) is 16.7 Å². The summed E-state index contributed by atoms with van der Waals surface area (Å²) >= 11 is 5.48. The molecule has 0 spiro atoms. The summed E-state index contributed by atoms with van der Waals surface area (Å²) in [6.07, 6.45) is 1.72. The average molecular weight is 147 g/mol. The molecule has 0 amide bonds. The van der Waals surface area contributed by atoms with Gasteiger partial charge in [-0.05, 0) is 6.07 Å². The summed E-state index contributed by atoms with van der Waals surface area (Å²) in [4.78, 5) is 0. The summed E-state index contributed by atoms with van der Waals surface area (Å²) in [7, 11) is 0. The number of aliphatic hydroxyl groups excluding tert-OH is 1. The van der Waals surface area contributed by atoms with E-state index >= 15 is 0 Å². The first-order chi connectivity index (χ1) is 4.33. The van der Waals surface area contributed by atoms with Gasteiger partial charge in [-0.3, -0.25) is 4.68 Å². The molecule has 1 N–H and O–H groups in total. The second-order valence-corrected chi connectivity index (χ2v) is 2.01. The zero-order valence-corrected chi connectivity index (χ0v) is 5.54. The topological polar surface area (TPSA) is 38.0 Å². The second-order valence-electron chi connectivity index (χ2n) is 1.63. The minimum Gasteiger partial charge on any atom is -0.394 e. The van der Waals surface area contributed by atoms with Crippen LogP contribution in [0.2, 0.25) is 5.15 Å². The Morgan fingerprint density at radius 1 is 1.78 bits per heavy atom. The van der Waals surface area contributed by atoms with E-state index < -0.39 is 0 Å². The van der Waals surface area contributed by atoms with E-state index in [0.29, 0.717) is 11.7 Å². The predicted molar refractivity (Wildman–Crippen MR) is 34.3 cm³/mol. The first-order valence-corrected chi connectivity index (χ1v) is 3.00. The molecule has 50 valence electrons. The van der Waals surface area contributed by atoms with Crippen molar-refractivity contribution in [2.45, 2.75) is 6.54 Å². The zero-order chi connectivity index (χ0) is 6.69. The summed E-state index contributed by atoms with van der Waals surface area (Å²) in [6, 6.07) is 1.68. The van der Waals surface area contributed by atoms with Crippen molar-refractivity contribution >= 4 is 11.6 Å².